The zero-order valence-corrected chi connectivity index (χ0v) is 21.1. The summed E-state index contributed by atoms with van der Waals surface area (Å²) >= 11 is 0. The lowest BCUT2D eigenvalue weighted by Gasteiger charge is -2.21. The number of unbranched alkanes of at least 4 members (excludes halogenated alkanes) is 1. The van der Waals surface area contributed by atoms with E-state index in [-0.39, 0.29) is 11.9 Å². The van der Waals surface area contributed by atoms with Gasteiger partial charge in [0.1, 0.15) is 0 Å². The van der Waals surface area contributed by atoms with E-state index in [9.17, 15) is 4.79 Å². The Balaban J connectivity index is 2.45. The summed E-state index contributed by atoms with van der Waals surface area (Å²) in [5, 5.41) is 0. The lowest BCUT2D eigenvalue weighted by atomic mass is 9.93. The van der Waals surface area contributed by atoms with Crippen LogP contribution in [0.2, 0.25) is 0 Å². The van der Waals surface area contributed by atoms with E-state index in [2.05, 4.69) is 6.92 Å². The van der Waals surface area contributed by atoms with Gasteiger partial charge in [-0.2, -0.15) is 0 Å². The highest BCUT2D eigenvalue weighted by Gasteiger charge is 2.21. The molecule has 1 rings (SSSR count). The first kappa shape index (κ1) is 28.5. The topological polar surface area (TPSA) is 35.5 Å². The summed E-state index contributed by atoms with van der Waals surface area (Å²) in [7, 11) is 0. The molecule has 1 aliphatic heterocycles. The van der Waals surface area contributed by atoms with E-state index in [1.165, 1.54) is 96.3 Å². The van der Waals surface area contributed by atoms with Crippen LogP contribution in [0.1, 0.15) is 149 Å². The van der Waals surface area contributed by atoms with Gasteiger partial charge in [0, 0.05) is 6.61 Å². The van der Waals surface area contributed by atoms with E-state index in [1.54, 1.807) is 0 Å². The Kier molecular flexibility index (Phi) is 19.5. The second kappa shape index (κ2) is 21.3. The third-order valence-corrected chi connectivity index (χ3v) is 6.89. The predicted molar refractivity (Wildman–Crippen MR) is 132 cm³/mol. The highest BCUT2D eigenvalue weighted by Crippen LogP contribution is 2.22. The Morgan fingerprint density at radius 1 is 0.774 bits per heavy atom. The normalized spacial score (nSPS) is 22.6. The highest BCUT2D eigenvalue weighted by atomic mass is 16.5. The molecule has 31 heavy (non-hydrogen) atoms. The number of carbonyl (C=O) groups excluding carboxylic acids is 1. The fourth-order valence-corrected chi connectivity index (χ4v) is 4.81. The van der Waals surface area contributed by atoms with E-state index >= 15 is 0 Å². The molecular weight excluding hydrogens is 384 g/mol. The average Bonchev–Trinajstić information content (AvgIpc) is 2.77. The van der Waals surface area contributed by atoms with Crippen molar-refractivity contribution in [2.24, 2.45) is 5.92 Å². The van der Waals surface area contributed by atoms with Crippen LogP contribution in [0.3, 0.4) is 0 Å². The van der Waals surface area contributed by atoms with Crippen molar-refractivity contribution in [2.45, 2.75) is 155 Å². The van der Waals surface area contributed by atoms with Crippen molar-refractivity contribution in [3.8, 4) is 0 Å². The van der Waals surface area contributed by atoms with Crippen molar-refractivity contribution < 1.29 is 14.3 Å². The molecule has 0 aromatic rings. The molecule has 0 saturated carbocycles. The summed E-state index contributed by atoms with van der Waals surface area (Å²) in [6.07, 6.45) is 27.2. The molecule has 0 aromatic heterocycles. The van der Waals surface area contributed by atoms with Gasteiger partial charge in [-0.15, -0.1) is 0 Å². The van der Waals surface area contributed by atoms with Gasteiger partial charge >= 0.3 is 5.97 Å². The molecule has 184 valence electrons. The molecule has 0 aliphatic carbocycles. The molecule has 0 radical (unpaired) electrons. The van der Waals surface area contributed by atoms with Crippen LogP contribution in [0.25, 0.3) is 0 Å². The number of esters is 1. The minimum absolute atomic E-state index is 0.00654. The molecule has 3 nitrogen and oxygen atoms in total. The monoisotopic (exact) mass is 438 g/mol. The van der Waals surface area contributed by atoms with Crippen LogP contribution in [0.15, 0.2) is 0 Å². The summed E-state index contributed by atoms with van der Waals surface area (Å²) in [5.74, 6) is 0.0625. The van der Waals surface area contributed by atoms with E-state index in [0.717, 1.165) is 45.1 Å². The summed E-state index contributed by atoms with van der Waals surface area (Å²) in [5.41, 5.74) is 0. The molecule has 0 spiro atoms. The van der Waals surface area contributed by atoms with Gasteiger partial charge in [-0.25, -0.2) is 0 Å². The summed E-state index contributed by atoms with van der Waals surface area (Å²) in [6, 6.07) is 0. The number of rotatable bonds is 8. The second-order valence-electron chi connectivity index (χ2n) is 9.75. The molecule has 0 amide bonds. The lowest BCUT2D eigenvalue weighted by Crippen LogP contribution is -2.22. The van der Waals surface area contributed by atoms with Crippen LogP contribution < -0.4 is 0 Å². The van der Waals surface area contributed by atoms with Crippen molar-refractivity contribution >= 4 is 5.97 Å². The molecule has 1 aliphatic rings. The van der Waals surface area contributed by atoms with Gasteiger partial charge in [-0.1, -0.05) is 110 Å². The van der Waals surface area contributed by atoms with E-state index < -0.39 is 0 Å². The van der Waals surface area contributed by atoms with Crippen LogP contribution in [0, 0.1) is 5.92 Å². The van der Waals surface area contributed by atoms with Crippen molar-refractivity contribution in [1.29, 1.82) is 0 Å². The standard InChI is InChI=1S/C28H54O3/c1-3-5-21-26(28(29)30-4-2)23-24-27-22-19-17-15-13-11-9-7-6-8-10-12-14-16-18-20-25-31-27/h26-27H,3-25H2,1-2H3. The third-order valence-electron chi connectivity index (χ3n) is 6.89. The molecule has 1 fully saturated rings. The Hall–Kier alpha value is -0.570. The molecule has 0 bridgehead atoms. The van der Waals surface area contributed by atoms with Gasteiger partial charge in [0.15, 0.2) is 0 Å². The third kappa shape index (κ3) is 16.7. The molecule has 1 heterocycles. The van der Waals surface area contributed by atoms with E-state index in [1.807, 2.05) is 6.92 Å². The number of hydrogen-bond acceptors (Lipinski definition) is 3. The van der Waals surface area contributed by atoms with Crippen molar-refractivity contribution in [1.82, 2.24) is 0 Å². The molecule has 3 heteroatoms. The minimum Gasteiger partial charge on any atom is -0.466 e. The summed E-state index contributed by atoms with van der Waals surface area (Å²) < 4.78 is 11.7. The van der Waals surface area contributed by atoms with Gasteiger partial charge in [0.2, 0.25) is 0 Å². The second-order valence-corrected chi connectivity index (χ2v) is 9.75. The summed E-state index contributed by atoms with van der Waals surface area (Å²) in [6.45, 7) is 5.48. The molecule has 0 aromatic carbocycles. The first-order valence-electron chi connectivity index (χ1n) is 14.1. The number of hydrogen-bond donors (Lipinski definition) is 0. The molecular formula is C28H54O3. The zero-order valence-electron chi connectivity index (χ0n) is 21.1. The van der Waals surface area contributed by atoms with Crippen LogP contribution in [0.5, 0.6) is 0 Å². The van der Waals surface area contributed by atoms with Crippen molar-refractivity contribution in [2.75, 3.05) is 13.2 Å². The highest BCUT2D eigenvalue weighted by molar-refractivity contribution is 5.72. The van der Waals surface area contributed by atoms with Gasteiger partial charge in [-0.05, 0) is 39.0 Å². The smallest absolute Gasteiger partial charge is 0.308 e. The molecule has 1 saturated heterocycles. The van der Waals surface area contributed by atoms with Crippen LogP contribution >= 0.6 is 0 Å². The van der Waals surface area contributed by atoms with Gasteiger partial charge in [0.25, 0.3) is 0 Å². The van der Waals surface area contributed by atoms with Crippen molar-refractivity contribution in [3.63, 3.8) is 0 Å². The Bertz CT molecular complexity index is 376. The number of carbonyl (C=O) groups is 1. The lowest BCUT2D eigenvalue weighted by molar-refractivity contribution is -0.148. The fourth-order valence-electron chi connectivity index (χ4n) is 4.81. The van der Waals surface area contributed by atoms with Crippen LogP contribution in [-0.2, 0) is 14.3 Å². The predicted octanol–water partition coefficient (Wildman–Crippen LogP) is 8.78. The van der Waals surface area contributed by atoms with Gasteiger partial charge < -0.3 is 9.47 Å². The Labute approximate surface area is 194 Å². The van der Waals surface area contributed by atoms with Crippen LogP contribution in [0.4, 0.5) is 0 Å². The largest absolute Gasteiger partial charge is 0.466 e. The first-order valence-corrected chi connectivity index (χ1v) is 14.1. The van der Waals surface area contributed by atoms with Gasteiger partial charge in [0.05, 0.1) is 18.6 Å². The van der Waals surface area contributed by atoms with E-state index in [0.29, 0.717) is 12.7 Å². The average molecular weight is 439 g/mol. The maximum absolute atomic E-state index is 12.4. The van der Waals surface area contributed by atoms with E-state index in [4.69, 9.17) is 9.47 Å². The van der Waals surface area contributed by atoms with Gasteiger partial charge in [-0.3, -0.25) is 4.79 Å². The van der Waals surface area contributed by atoms with Crippen molar-refractivity contribution in [3.05, 3.63) is 0 Å². The minimum atomic E-state index is 0.00654. The quantitative estimate of drug-likeness (QED) is 0.355. The number of ether oxygens (including phenoxy) is 2. The first-order chi connectivity index (χ1) is 15.3. The molecule has 0 N–H and O–H groups in total. The zero-order chi connectivity index (χ0) is 22.4. The summed E-state index contributed by atoms with van der Waals surface area (Å²) in [4.78, 5) is 12.4. The Morgan fingerprint density at radius 2 is 1.29 bits per heavy atom. The molecule has 2 unspecified atom stereocenters. The Morgan fingerprint density at radius 3 is 1.81 bits per heavy atom. The fraction of sp³-hybridized carbons (Fsp3) is 0.964. The maximum atomic E-state index is 12.4. The van der Waals surface area contributed by atoms with Crippen LogP contribution in [-0.4, -0.2) is 25.3 Å². The maximum Gasteiger partial charge on any atom is 0.308 e. The molecule has 2 atom stereocenters. The SMILES string of the molecule is CCCCC(CCC1CCCCCCCCCCCCCCCCCO1)C(=O)OCC.